The van der Waals surface area contributed by atoms with Gasteiger partial charge < -0.3 is 5.32 Å². The predicted molar refractivity (Wildman–Crippen MR) is 57.8 cm³/mol. The van der Waals surface area contributed by atoms with E-state index in [2.05, 4.69) is 30.9 Å². The van der Waals surface area contributed by atoms with Crippen LogP contribution in [-0.2, 0) is 0 Å². The summed E-state index contributed by atoms with van der Waals surface area (Å²) in [4.78, 5) is 0. The molecule has 0 radical (unpaired) electrons. The monoisotopic (exact) mass is 187 g/mol. The Kier molecular flexibility index (Phi) is 5.08. The van der Waals surface area contributed by atoms with Gasteiger partial charge in [-0.05, 0) is 44.0 Å². The van der Waals surface area contributed by atoms with Crippen molar-refractivity contribution in [3.8, 4) is 0 Å². The first-order valence-corrected chi connectivity index (χ1v) is 6.16. The molecule has 0 aromatic carbocycles. The van der Waals surface area contributed by atoms with E-state index in [1.807, 2.05) is 0 Å². The van der Waals surface area contributed by atoms with Crippen molar-refractivity contribution >= 4 is 11.8 Å². The first-order chi connectivity index (χ1) is 5.79. The Bertz CT molecular complexity index is 106. The van der Waals surface area contributed by atoms with E-state index in [-0.39, 0.29) is 0 Å². The Morgan fingerprint density at radius 1 is 1.33 bits per heavy atom. The van der Waals surface area contributed by atoms with E-state index in [1.165, 1.54) is 38.1 Å². The van der Waals surface area contributed by atoms with E-state index < -0.39 is 0 Å². The van der Waals surface area contributed by atoms with Gasteiger partial charge in [-0.1, -0.05) is 13.8 Å². The van der Waals surface area contributed by atoms with Crippen molar-refractivity contribution in [2.24, 2.45) is 5.92 Å². The topological polar surface area (TPSA) is 12.0 Å². The maximum atomic E-state index is 3.45. The van der Waals surface area contributed by atoms with Crippen molar-refractivity contribution in [1.29, 1.82) is 0 Å². The highest BCUT2D eigenvalue weighted by molar-refractivity contribution is 7.99. The van der Waals surface area contributed by atoms with E-state index >= 15 is 0 Å². The van der Waals surface area contributed by atoms with Crippen LogP contribution in [0.25, 0.3) is 0 Å². The predicted octanol–water partition coefficient (Wildman–Crippen LogP) is 2.52. The fourth-order valence-corrected chi connectivity index (χ4v) is 2.76. The van der Waals surface area contributed by atoms with Gasteiger partial charge in [-0.25, -0.2) is 0 Å². The molecule has 1 saturated heterocycles. The number of hydrogen-bond donors (Lipinski definition) is 1. The highest BCUT2D eigenvalue weighted by Gasteiger charge is 2.12. The summed E-state index contributed by atoms with van der Waals surface area (Å²) in [6.45, 7) is 7.08. The first-order valence-electron chi connectivity index (χ1n) is 5.11. The lowest BCUT2D eigenvalue weighted by Gasteiger charge is -2.14. The highest BCUT2D eigenvalue weighted by atomic mass is 32.2. The van der Waals surface area contributed by atoms with E-state index in [0.717, 1.165) is 11.2 Å². The summed E-state index contributed by atoms with van der Waals surface area (Å²) in [6, 6.07) is 0. The van der Waals surface area contributed by atoms with Crippen LogP contribution >= 0.6 is 11.8 Å². The Labute approximate surface area is 80.7 Å². The third kappa shape index (κ3) is 4.36. The molecule has 1 aliphatic rings. The second kappa shape index (κ2) is 5.87. The fraction of sp³-hybridized carbons (Fsp3) is 1.00. The summed E-state index contributed by atoms with van der Waals surface area (Å²) in [5.41, 5.74) is 0. The Morgan fingerprint density at radius 3 is 2.92 bits per heavy atom. The maximum absolute atomic E-state index is 3.45. The first kappa shape index (κ1) is 10.4. The third-order valence-corrected chi connectivity index (χ3v) is 3.99. The van der Waals surface area contributed by atoms with Crippen LogP contribution in [0.2, 0.25) is 0 Å². The molecule has 0 aliphatic carbocycles. The molecule has 0 saturated carbocycles. The minimum atomic E-state index is 0.853. The normalized spacial score (nSPS) is 25.8. The van der Waals surface area contributed by atoms with Crippen molar-refractivity contribution in [1.82, 2.24) is 5.32 Å². The zero-order valence-corrected chi connectivity index (χ0v) is 9.12. The van der Waals surface area contributed by atoms with Gasteiger partial charge in [-0.15, -0.1) is 0 Å². The van der Waals surface area contributed by atoms with Gasteiger partial charge in [0.1, 0.15) is 0 Å². The van der Waals surface area contributed by atoms with Crippen molar-refractivity contribution in [3.63, 3.8) is 0 Å². The average molecular weight is 187 g/mol. The molecule has 1 rings (SSSR count). The van der Waals surface area contributed by atoms with Crippen molar-refractivity contribution in [3.05, 3.63) is 0 Å². The van der Waals surface area contributed by atoms with E-state index in [9.17, 15) is 0 Å². The zero-order chi connectivity index (χ0) is 8.81. The molecule has 1 aliphatic heterocycles. The van der Waals surface area contributed by atoms with E-state index in [4.69, 9.17) is 0 Å². The van der Waals surface area contributed by atoms with Crippen LogP contribution in [-0.4, -0.2) is 24.1 Å². The van der Waals surface area contributed by atoms with Gasteiger partial charge >= 0.3 is 0 Å². The lowest BCUT2D eigenvalue weighted by molar-refractivity contribution is 0.702. The van der Waals surface area contributed by atoms with Crippen LogP contribution in [0.4, 0.5) is 0 Å². The quantitative estimate of drug-likeness (QED) is 0.728. The van der Waals surface area contributed by atoms with Gasteiger partial charge in [0.25, 0.3) is 0 Å². The smallest absolute Gasteiger partial charge is 0.00596 e. The van der Waals surface area contributed by atoms with E-state index in [1.54, 1.807) is 0 Å². The molecule has 0 aromatic heterocycles. The Morgan fingerprint density at radius 2 is 2.17 bits per heavy atom. The van der Waals surface area contributed by atoms with Crippen LogP contribution in [0, 0.1) is 5.92 Å². The molecule has 1 atom stereocenters. The van der Waals surface area contributed by atoms with Gasteiger partial charge in [0.05, 0.1) is 0 Å². The zero-order valence-electron chi connectivity index (χ0n) is 8.31. The van der Waals surface area contributed by atoms with Gasteiger partial charge in [-0.2, -0.15) is 11.8 Å². The molecule has 1 nitrogen and oxygen atoms in total. The van der Waals surface area contributed by atoms with Gasteiger partial charge in [0.2, 0.25) is 0 Å². The lowest BCUT2D eigenvalue weighted by atomic mass is 10.2. The molecule has 1 N–H and O–H groups in total. The summed E-state index contributed by atoms with van der Waals surface area (Å²) in [5.74, 6) is 2.19. The standard InChI is InChI=1S/C10H21NS/c1-9(2)8-12-10-4-3-6-11-7-5-10/h9-11H,3-8H2,1-2H3. The molecule has 12 heavy (non-hydrogen) atoms. The van der Waals surface area contributed by atoms with Gasteiger partial charge in [-0.3, -0.25) is 0 Å². The van der Waals surface area contributed by atoms with Crippen LogP contribution in [0.3, 0.4) is 0 Å². The highest BCUT2D eigenvalue weighted by Crippen LogP contribution is 2.22. The maximum Gasteiger partial charge on any atom is 0.00596 e. The van der Waals surface area contributed by atoms with Crippen LogP contribution in [0.15, 0.2) is 0 Å². The summed E-state index contributed by atoms with van der Waals surface area (Å²) in [5, 5.41) is 4.38. The molecule has 0 amide bonds. The minimum absolute atomic E-state index is 0.853. The molecule has 0 aromatic rings. The largest absolute Gasteiger partial charge is 0.317 e. The third-order valence-electron chi connectivity index (χ3n) is 2.19. The molecule has 72 valence electrons. The molecular weight excluding hydrogens is 166 g/mol. The number of nitrogens with one attached hydrogen (secondary N) is 1. The second-order valence-electron chi connectivity index (χ2n) is 4.03. The summed E-state index contributed by atoms with van der Waals surface area (Å²) >= 11 is 2.18. The van der Waals surface area contributed by atoms with Gasteiger partial charge in [0, 0.05) is 5.25 Å². The number of thioether (sulfide) groups is 1. The lowest BCUT2D eigenvalue weighted by Crippen LogP contribution is -2.14. The number of hydrogen-bond acceptors (Lipinski definition) is 2. The molecule has 1 fully saturated rings. The molecule has 2 heteroatoms. The summed E-state index contributed by atoms with van der Waals surface area (Å²) < 4.78 is 0. The molecule has 1 heterocycles. The van der Waals surface area contributed by atoms with Crippen LogP contribution < -0.4 is 5.32 Å². The van der Waals surface area contributed by atoms with Crippen molar-refractivity contribution in [2.75, 3.05) is 18.8 Å². The van der Waals surface area contributed by atoms with Crippen molar-refractivity contribution in [2.45, 2.75) is 38.4 Å². The molecular formula is C10H21NS. The van der Waals surface area contributed by atoms with Crippen molar-refractivity contribution < 1.29 is 0 Å². The summed E-state index contributed by atoms with van der Waals surface area (Å²) in [6.07, 6.45) is 4.16. The van der Waals surface area contributed by atoms with Crippen LogP contribution in [0.1, 0.15) is 33.1 Å². The number of rotatable bonds is 3. The molecule has 0 bridgehead atoms. The molecule has 0 spiro atoms. The van der Waals surface area contributed by atoms with E-state index in [0.29, 0.717) is 0 Å². The average Bonchev–Trinajstić information content (AvgIpc) is 2.28. The Balaban J connectivity index is 2.12. The van der Waals surface area contributed by atoms with Crippen LogP contribution in [0.5, 0.6) is 0 Å². The summed E-state index contributed by atoms with van der Waals surface area (Å²) in [7, 11) is 0. The SMILES string of the molecule is CC(C)CSC1CCCNCC1. The molecule has 1 unspecified atom stereocenters. The fourth-order valence-electron chi connectivity index (χ4n) is 1.48. The van der Waals surface area contributed by atoms with Gasteiger partial charge in [0.15, 0.2) is 0 Å². The second-order valence-corrected chi connectivity index (χ2v) is 5.36. The Hall–Kier alpha value is 0.310. The minimum Gasteiger partial charge on any atom is -0.317 e.